The van der Waals surface area contributed by atoms with Crippen LogP contribution in [0.25, 0.3) is 5.57 Å². The molecule has 2 aromatic carbocycles. The zero-order chi connectivity index (χ0) is 15.2. The lowest BCUT2D eigenvalue weighted by atomic mass is 9.84. The highest BCUT2D eigenvalue weighted by Gasteiger charge is 2.16. The van der Waals surface area contributed by atoms with E-state index in [-0.39, 0.29) is 0 Å². The molecule has 0 spiro atoms. The van der Waals surface area contributed by atoms with Crippen molar-refractivity contribution in [1.29, 1.82) is 0 Å². The van der Waals surface area contributed by atoms with E-state index in [4.69, 9.17) is 0 Å². The van der Waals surface area contributed by atoms with Gasteiger partial charge in [-0.25, -0.2) is 0 Å². The predicted octanol–water partition coefficient (Wildman–Crippen LogP) is 6.07. The summed E-state index contributed by atoms with van der Waals surface area (Å²) in [6.07, 6.45) is 5.21. The van der Waals surface area contributed by atoms with Crippen LogP contribution >= 0.6 is 0 Å². The molecular formula is C21H24. The van der Waals surface area contributed by atoms with Crippen LogP contribution in [-0.2, 0) is 0 Å². The number of benzene rings is 2. The van der Waals surface area contributed by atoms with Gasteiger partial charge in [-0.15, -0.1) is 6.58 Å². The van der Waals surface area contributed by atoms with Gasteiger partial charge in [-0.2, -0.15) is 0 Å². The first-order chi connectivity index (χ1) is 10.2. The van der Waals surface area contributed by atoms with Gasteiger partial charge in [-0.3, -0.25) is 0 Å². The zero-order valence-electron chi connectivity index (χ0n) is 13.3. The average Bonchev–Trinajstić information content (AvgIpc) is 2.50. The molecule has 0 bridgehead atoms. The lowest BCUT2D eigenvalue weighted by Crippen LogP contribution is -2.02. The molecular weight excluding hydrogens is 252 g/mol. The Morgan fingerprint density at radius 3 is 1.95 bits per heavy atom. The summed E-state index contributed by atoms with van der Waals surface area (Å²) >= 11 is 0. The molecule has 0 saturated heterocycles. The van der Waals surface area contributed by atoms with Crippen molar-refractivity contribution in [3.63, 3.8) is 0 Å². The number of rotatable bonds is 5. The standard InChI is InChI=1S/C21H24/c1-5-7-21(19-14-10-17(4)11-15-19)20(6-2)18-12-8-16(3)9-13-18/h5-6,8-15,21H,1,7H2,2-4H3/b20-6-. The first-order valence-electron chi connectivity index (χ1n) is 7.56. The zero-order valence-corrected chi connectivity index (χ0v) is 13.3. The second kappa shape index (κ2) is 7.08. The van der Waals surface area contributed by atoms with Crippen LogP contribution in [0.1, 0.15) is 41.5 Å². The van der Waals surface area contributed by atoms with Crippen LogP contribution in [0.2, 0.25) is 0 Å². The summed E-state index contributed by atoms with van der Waals surface area (Å²) in [5.74, 6) is 0.371. The maximum absolute atomic E-state index is 3.94. The fourth-order valence-electron chi connectivity index (χ4n) is 2.72. The molecule has 2 aromatic rings. The molecule has 2 rings (SSSR count). The quantitative estimate of drug-likeness (QED) is 0.582. The van der Waals surface area contributed by atoms with E-state index >= 15 is 0 Å². The second-order valence-corrected chi connectivity index (χ2v) is 5.60. The monoisotopic (exact) mass is 276 g/mol. The van der Waals surface area contributed by atoms with Crippen molar-refractivity contribution in [1.82, 2.24) is 0 Å². The smallest absolute Gasteiger partial charge is 0.0126 e. The Bertz CT molecular complexity index is 612. The van der Waals surface area contributed by atoms with Crippen LogP contribution in [0.4, 0.5) is 0 Å². The van der Waals surface area contributed by atoms with Gasteiger partial charge in [0.15, 0.2) is 0 Å². The van der Waals surface area contributed by atoms with Crippen molar-refractivity contribution in [2.75, 3.05) is 0 Å². The van der Waals surface area contributed by atoms with Crippen molar-refractivity contribution >= 4 is 5.57 Å². The topological polar surface area (TPSA) is 0 Å². The first kappa shape index (κ1) is 15.3. The van der Waals surface area contributed by atoms with E-state index in [1.54, 1.807) is 0 Å². The Balaban J connectivity index is 2.41. The van der Waals surface area contributed by atoms with Gasteiger partial charge in [0.25, 0.3) is 0 Å². The van der Waals surface area contributed by atoms with E-state index in [1.165, 1.54) is 27.8 Å². The maximum atomic E-state index is 3.94. The van der Waals surface area contributed by atoms with Crippen molar-refractivity contribution < 1.29 is 0 Å². The van der Waals surface area contributed by atoms with Crippen LogP contribution in [-0.4, -0.2) is 0 Å². The highest BCUT2D eigenvalue weighted by atomic mass is 14.2. The maximum Gasteiger partial charge on any atom is 0.0126 e. The Labute approximate surface area is 128 Å². The molecule has 0 aromatic heterocycles. The van der Waals surface area contributed by atoms with Gasteiger partial charge >= 0.3 is 0 Å². The molecule has 21 heavy (non-hydrogen) atoms. The van der Waals surface area contributed by atoms with E-state index in [9.17, 15) is 0 Å². The Hall–Kier alpha value is -2.08. The Kier molecular flexibility index (Phi) is 5.16. The lowest BCUT2D eigenvalue weighted by Gasteiger charge is -2.20. The number of hydrogen-bond acceptors (Lipinski definition) is 0. The summed E-state index contributed by atoms with van der Waals surface area (Å²) in [4.78, 5) is 0. The minimum absolute atomic E-state index is 0.371. The number of allylic oxidation sites excluding steroid dienone is 3. The highest BCUT2D eigenvalue weighted by Crippen LogP contribution is 2.35. The Morgan fingerprint density at radius 2 is 1.48 bits per heavy atom. The third-order valence-electron chi connectivity index (χ3n) is 3.95. The molecule has 108 valence electrons. The summed E-state index contributed by atoms with van der Waals surface area (Å²) in [6, 6.07) is 17.6. The SMILES string of the molecule is C=CCC(/C(=C\C)c1ccc(C)cc1)c1ccc(C)cc1. The van der Waals surface area contributed by atoms with Crippen molar-refractivity contribution in [3.05, 3.63) is 89.5 Å². The molecule has 0 nitrogen and oxygen atoms in total. The first-order valence-corrected chi connectivity index (χ1v) is 7.56. The molecule has 0 N–H and O–H groups in total. The fourth-order valence-corrected chi connectivity index (χ4v) is 2.72. The summed E-state index contributed by atoms with van der Waals surface area (Å²) in [5, 5.41) is 0. The Morgan fingerprint density at radius 1 is 0.952 bits per heavy atom. The number of aryl methyl sites for hydroxylation is 2. The molecule has 0 radical (unpaired) electrons. The highest BCUT2D eigenvalue weighted by molar-refractivity contribution is 5.71. The van der Waals surface area contributed by atoms with Crippen molar-refractivity contribution in [2.45, 2.75) is 33.1 Å². The second-order valence-electron chi connectivity index (χ2n) is 5.60. The van der Waals surface area contributed by atoms with Crippen LogP contribution in [0.5, 0.6) is 0 Å². The van der Waals surface area contributed by atoms with Crippen molar-refractivity contribution in [3.8, 4) is 0 Å². The van der Waals surface area contributed by atoms with Crippen LogP contribution < -0.4 is 0 Å². The van der Waals surface area contributed by atoms with E-state index in [1.807, 2.05) is 6.08 Å². The van der Waals surface area contributed by atoms with Crippen LogP contribution in [0, 0.1) is 13.8 Å². The van der Waals surface area contributed by atoms with E-state index in [0.29, 0.717) is 5.92 Å². The lowest BCUT2D eigenvalue weighted by molar-refractivity contribution is 0.882. The molecule has 1 atom stereocenters. The van der Waals surface area contributed by atoms with Gasteiger partial charge in [-0.05, 0) is 43.9 Å². The summed E-state index contributed by atoms with van der Waals surface area (Å²) in [5.41, 5.74) is 6.63. The molecule has 0 fully saturated rings. The minimum atomic E-state index is 0.371. The van der Waals surface area contributed by atoms with E-state index < -0.39 is 0 Å². The van der Waals surface area contributed by atoms with Gasteiger partial charge in [0.05, 0.1) is 0 Å². The van der Waals surface area contributed by atoms with E-state index in [2.05, 4.69) is 82.0 Å². The molecule has 0 amide bonds. The number of hydrogen-bond donors (Lipinski definition) is 0. The largest absolute Gasteiger partial charge is 0.103 e. The molecule has 0 aliphatic rings. The van der Waals surface area contributed by atoms with Gasteiger partial charge in [-0.1, -0.05) is 71.8 Å². The molecule has 0 saturated carbocycles. The fraction of sp³-hybridized carbons (Fsp3) is 0.238. The normalized spacial score (nSPS) is 13.0. The average molecular weight is 276 g/mol. The van der Waals surface area contributed by atoms with Gasteiger partial charge in [0.2, 0.25) is 0 Å². The minimum Gasteiger partial charge on any atom is -0.103 e. The van der Waals surface area contributed by atoms with Gasteiger partial charge < -0.3 is 0 Å². The van der Waals surface area contributed by atoms with E-state index in [0.717, 1.165) is 6.42 Å². The van der Waals surface area contributed by atoms with Crippen LogP contribution in [0.3, 0.4) is 0 Å². The molecule has 0 aliphatic heterocycles. The van der Waals surface area contributed by atoms with Crippen LogP contribution in [0.15, 0.2) is 67.3 Å². The van der Waals surface area contributed by atoms with Gasteiger partial charge in [0.1, 0.15) is 0 Å². The third kappa shape index (κ3) is 3.72. The summed E-state index contributed by atoms with van der Waals surface area (Å²) in [7, 11) is 0. The third-order valence-corrected chi connectivity index (χ3v) is 3.95. The van der Waals surface area contributed by atoms with Gasteiger partial charge in [0, 0.05) is 5.92 Å². The van der Waals surface area contributed by atoms with Crippen molar-refractivity contribution in [2.24, 2.45) is 0 Å². The summed E-state index contributed by atoms with van der Waals surface area (Å²) < 4.78 is 0. The molecule has 0 heteroatoms. The molecule has 1 unspecified atom stereocenters. The summed E-state index contributed by atoms with van der Waals surface area (Å²) in [6.45, 7) is 10.3. The predicted molar refractivity (Wildman–Crippen MR) is 93.6 cm³/mol. The molecule has 0 heterocycles. The molecule has 0 aliphatic carbocycles.